The summed E-state index contributed by atoms with van der Waals surface area (Å²) in [5, 5.41) is 0. The highest BCUT2D eigenvalue weighted by molar-refractivity contribution is 5.85. The predicted molar refractivity (Wildman–Crippen MR) is 268 cm³/mol. The van der Waals surface area contributed by atoms with Crippen LogP contribution in [-0.4, -0.2) is 11.1 Å². The van der Waals surface area contributed by atoms with Gasteiger partial charge in [-0.1, -0.05) is 254 Å². The second-order valence-electron chi connectivity index (χ2n) is 19.2. The van der Waals surface area contributed by atoms with Crippen molar-refractivity contribution in [2.24, 2.45) is 23.3 Å². The summed E-state index contributed by atoms with van der Waals surface area (Å²) >= 11 is 0. The van der Waals surface area contributed by atoms with Crippen LogP contribution in [-0.2, 0) is 12.8 Å². The van der Waals surface area contributed by atoms with Crippen LogP contribution in [0.4, 0.5) is 0 Å². The van der Waals surface area contributed by atoms with Crippen molar-refractivity contribution in [2.75, 3.05) is 0 Å². The fourth-order valence-corrected chi connectivity index (χ4v) is 8.44. The van der Waals surface area contributed by atoms with Crippen molar-refractivity contribution in [3.8, 4) is 0 Å². The highest BCUT2D eigenvalue weighted by Gasteiger charge is 2.25. The van der Waals surface area contributed by atoms with Crippen molar-refractivity contribution in [1.29, 1.82) is 0 Å². The van der Waals surface area contributed by atoms with Gasteiger partial charge >= 0.3 is 0 Å². The van der Waals surface area contributed by atoms with Crippen molar-refractivity contribution < 1.29 is 0 Å². The summed E-state index contributed by atoms with van der Waals surface area (Å²) in [7, 11) is 0. The monoisotopic (exact) mass is 847 g/mol. The highest BCUT2D eigenvalue weighted by Crippen LogP contribution is 2.27. The summed E-state index contributed by atoms with van der Waals surface area (Å²) < 4.78 is 0. The molecule has 0 saturated carbocycles. The van der Waals surface area contributed by atoms with Crippen LogP contribution in [0, 0.1) is 11.8 Å². The van der Waals surface area contributed by atoms with Gasteiger partial charge in [0.15, 0.2) is 0 Å². The van der Waals surface area contributed by atoms with E-state index in [0.29, 0.717) is 11.8 Å². The Kier molecular flexibility index (Phi) is 40.8. The lowest BCUT2D eigenvalue weighted by Gasteiger charge is -2.31. The molecule has 0 amide bonds. The van der Waals surface area contributed by atoms with E-state index in [4.69, 9.17) is 11.5 Å². The molecule has 0 saturated heterocycles. The molecule has 0 radical (unpaired) electrons. The molecule has 0 aromatic heterocycles. The van der Waals surface area contributed by atoms with Gasteiger partial charge in [-0.15, -0.1) is 24.8 Å². The topological polar surface area (TPSA) is 52.0 Å². The predicted octanol–water partition coefficient (Wildman–Crippen LogP) is 17.8. The normalized spacial score (nSPS) is 12.6. The Hall–Kier alpha value is -1.06. The molecule has 2 unspecified atom stereocenters. The quantitative estimate of drug-likeness (QED) is 0.0671. The summed E-state index contributed by atoms with van der Waals surface area (Å²) in [6.45, 7) is 13.4. The van der Waals surface area contributed by atoms with Gasteiger partial charge in [0.1, 0.15) is 0 Å². The second-order valence-corrected chi connectivity index (χ2v) is 19.2. The molecule has 2 nitrogen and oxygen atoms in total. The molecule has 0 fully saturated rings. The van der Waals surface area contributed by atoms with E-state index in [2.05, 4.69) is 102 Å². The number of unbranched alkanes of at least 4 members (excludes halogenated alkanes) is 26. The number of hydrogen-bond acceptors (Lipinski definition) is 2. The van der Waals surface area contributed by atoms with Gasteiger partial charge in [0.25, 0.3) is 0 Å². The van der Waals surface area contributed by atoms with E-state index in [0.717, 1.165) is 12.8 Å². The molecule has 0 aliphatic heterocycles. The molecule has 2 atom stereocenters. The first-order valence-corrected chi connectivity index (χ1v) is 24.7. The van der Waals surface area contributed by atoms with Gasteiger partial charge in [0, 0.05) is 11.1 Å². The zero-order valence-electron chi connectivity index (χ0n) is 39.5. The van der Waals surface area contributed by atoms with Gasteiger partial charge in [-0.3, -0.25) is 0 Å². The fourth-order valence-electron chi connectivity index (χ4n) is 8.44. The summed E-state index contributed by atoms with van der Waals surface area (Å²) in [6, 6.07) is 21.7. The van der Waals surface area contributed by atoms with Crippen molar-refractivity contribution in [3.63, 3.8) is 0 Å². The number of hydrogen-bond donors (Lipinski definition) is 2. The smallest absolute Gasteiger partial charge is 0.0129 e. The first-order chi connectivity index (χ1) is 27.1. The molecule has 58 heavy (non-hydrogen) atoms. The van der Waals surface area contributed by atoms with Gasteiger partial charge < -0.3 is 11.5 Å². The Bertz CT molecular complexity index is 990. The second kappa shape index (κ2) is 40.0. The third kappa shape index (κ3) is 35.7. The van der Waals surface area contributed by atoms with E-state index in [1.807, 2.05) is 0 Å². The highest BCUT2D eigenvalue weighted by atomic mass is 35.5. The summed E-state index contributed by atoms with van der Waals surface area (Å²) in [5.74, 6) is 1.15. The number of nitrogens with two attached hydrogens (primary N) is 2. The maximum atomic E-state index is 6.48. The number of rotatable bonds is 36. The van der Waals surface area contributed by atoms with Crippen LogP contribution in [0.15, 0.2) is 60.7 Å². The van der Waals surface area contributed by atoms with E-state index >= 15 is 0 Å². The fraction of sp³-hybridized carbons (Fsp3) is 0.778. The molecule has 4 N–H and O–H groups in total. The van der Waals surface area contributed by atoms with Gasteiger partial charge in [0.2, 0.25) is 0 Å². The van der Waals surface area contributed by atoms with Gasteiger partial charge in [-0.25, -0.2) is 0 Å². The first kappa shape index (κ1) is 59.0. The molecule has 0 aliphatic carbocycles. The largest absolute Gasteiger partial charge is 0.325 e. The molecule has 2 rings (SSSR count). The van der Waals surface area contributed by atoms with E-state index in [1.54, 1.807) is 0 Å². The van der Waals surface area contributed by atoms with Crippen LogP contribution in [0.3, 0.4) is 0 Å². The Morgan fingerprint density at radius 2 is 0.552 bits per heavy atom. The van der Waals surface area contributed by atoms with Gasteiger partial charge in [0.05, 0.1) is 0 Å². The maximum absolute atomic E-state index is 6.48. The van der Waals surface area contributed by atoms with Crippen molar-refractivity contribution >= 4 is 24.8 Å². The van der Waals surface area contributed by atoms with E-state index in [9.17, 15) is 0 Å². The van der Waals surface area contributed by atoms with Crippen molar-refractivity contribution in [2.45, 2.75) is 258 Å². The molecule has 0 bridgehead atoms. The summed E-state index contributed by atoms with van der Waals surface area (Å²) in [5.41, 5.74) is 15.6. The van der Waals surface area contributed by atoms with Crippen LogP contribution in [0.1, 0.15) is 245 Å². The van der Waals surface area contributed by atoms with E-state index in [-0.39, 0.29) is 35.9 Å². The molecule has 4 heteroatoms. The first-order valence-electron chi connectivity index (χ1n) is 24.7. The lowest BCUT2D eigenvalue weighted by Crippen LogP contribution is -2.42. The number of halogens is 2. The van der Waals surface area contributed by atoms with E-state index < -0.39 is 0 Å². The zero-order valence-corrected chi connectivity index (χ0v) is 41.2. The van der Waals surface area contributed by atoms with E-state index in [1.165, 1.54) is 204 Å². The SMILES string of the molecule is CCCCCCCCCCCCCCCCC(Cc1ccccc1)C(C)(C)N.CCCCCCCCCCCCCCCCC(Cc1ccccc1)C(C)(C)N.Cl.Cl. The standard InChI is InChI=1S/2C27H49N.2ClH/c2*1-4-5-6-7-8-9-10-11-12-13-14-15-16-20-23-26(27(2,3)28)24-25-21-18-17-19-22-25;;/h2*17-19,21-22,26H,4-16,20,23-24,28H2,1-3H3;2*1H. The molecule has 0 aliphatic rings. The van der Waals surface area contributed by atoms with Crippen molar-refractivity contribution in [3.05, 3.63) is 71.8 Å². The zero-order chi connectivity index (χ0) is 41.0. The van der Waals surface area contributed by atoms with Crippen LogP contribution < -0.4 is 11.5 Å². The Morgan fingerprint density at radius 3 is 0.759 bits per heavy atom. The molecule has 340 valence electrons. The molecular formula is C54H100Cl2N2. The molecule has 0 heterocycles. The minimum absolute atomic E-state index is 0. The van der Waals surface area contributed by atoms with Gasteiger partial charge in [-0.2, -0.15) is 0 Å². The van der Waals surface area contributed by atoms with Crippen LogP contribution in [0.25, 0.3) is 0 Å². The average Bonchev–Trinajstić information content (AvgIpc) is 3.17. The third-order valence-electron chi connectivity index (χ3n) is 12.6. The maximum Gasteiger partial charge on any atom is 0.0129 e. The lowest BCUT2D eigenvalue weighted by atomic mass is 9.80. The summed E-state index contributed by atoms with van der Waals surface area (Å²) in [4.78, 5) is 0. The van der Waals surface area contributed by atoms with Crippen LogP contribution >= 0.6 is 24.8 Å². The molecule has 2 aromatic rings. The Morgan fingerprint density at radius 1 is 0.345 bits per heavy atom. The lowest BCUT2D eigenvalue weighted by molar-refractivity contribution is 0.290. The number of benzene rings is 2. The third-order valence-corrected chi connectivity index (χ3v) is 12.6. The minimum Gasteiger partial charge on any atom is -0.325 e. The molecule has 2 aromatic carbocycles. The van der Waals surface area contributed by atoms with Gasteiger partial charge in [-0.05, 0) is 76.3 Å². The van der Waals surface area contributed by atoms with Crippen LogP contribution in [0.2, 0.25) is 0 Å². The molecular weight excluding hydrogens is 748 g/mol. The Balaban J connectivity index is 0. The minimum atomic E-state index is -0.0909. The van der Waals surface area contributed by atoms with Crippen LogP contribution in [0.5, 0.6) is 0 Å². The van der Waals surface area contributed by atoms with Crippen molar-refractivity contribution in [1.82, 2.24) is 0 Å². The Labute approximate surface area is 376 Å². The summed E-state index contributed by atoms with van der Waals surface area (Å²) in [6.07, 6.45) is 44.6. The molecule has 0 spiro atoms. The average molecular weight is 848 g/mol.